The van der Waals surface area contributed by atoms with Crippen LogP contribution in [0.15, 0.2) is 12.3 Å². The Hall–Kier alpha value is -0.830. The van der Waals surface area contributed by atoms with Crippen LogP contribution >= 0.6 is 0 Å². The molecule has 0 amide bonds. The number of nitrogens with zero attached hydrogens (tertiary/aromatic N) is 2. The van der Waals surface area contributed by atoms with Crippen molar-refractivity contribution in [2.24, 2.45) is 5.92 Å². The maximum Gasteiger partial charge on any atom is 0.0521 e. The van der Waals surface area contributed by atoms with E-state index in [0.717, 1.165) is 19.0 Å². The van der Waals surface area contributed by atoms with Gasteiger partial charge in [-0.2, -0.15) is 5.10 Å². The first kappa shape index (κ1) is 11.2. The van der Waals surface area contributed by atoms with Crippen LogP contribution in [0.1, 0.15) is 32.4 Å². The topological polar surface area (TPSA) is 29.9 Å². The van der Waals surface area contributed by atoms with Crippen LogP contribution in [-0.4, -0.2) is 16.8 Å². The Labute approximate surface area is 86.5 Å². The molecule has 0 atom stereocenters. The van der Waals surface area contributed by atoms with Crippen molar-refractivity contribution in [1.29, 1.82) is 0 Å². The Morgan fingerprint density at radius 1 is 1.50 bits per heavy atom. The van der Waals surface area contributed by atoms with Crippen LogP contribution in [0.5, 0.6) is 0 Å². The third-order valence-corrected chi connectivity index (χ3v) is 2.31. The van der Waals surface area contributed by atoms with Crippen molar-refractivity contribution in [3.8, 4) is 0 Å². The lowest BCUT2D eigenvalue weighted by molar-refractivity contribution is 0.477. The predicted molar refractivity (Wildman–Crippen MR) is 59.1 cm³/mol. The fourth-order valence-corrected chi connectivity index (χ4v) is 1.54. The van der Waals surface area contributed by atoms with Gasteiger partial charge in [-0.15, -0.1) is 0 Å². The van der Waals surface area contributed by atoms with Gasteiger partial charge in [0.05, 0.1) is 5.69 Å². The third-order valence-electron chi connectivity index (χ3n) is 2.31. The summed E-state index contributed by atoms with van der Waals surface area (Å²) in [6, 6.07) is 2.08. The molecule has 0 aromatic carbocycles. The molecule has 0 fully saturated rings. The van der Waals surface area contributed by atoms with Gasteiger partial charge in [0.25, 0.3) is 0 Å². The summed E-state index contributed by atoms with van der Waals surface area (Å²) in [6.45, 7) is 6.47. The second-order valence-corrected chi connectivity index (χ2v) is 4.11. The average molecular weight is 195 g/mol. The van der Waals surface area contributed by atoms with E-state index in [9.17, 15) is 0 Å². The Morgan fingerprint density at radius 3 is 2.93 bits per heavy atom. The van der Waals surface area contributed by atoms with Crippen LogP contribution < -0.4 is 5.32 Å². The van der Waals surface area contributed by atoms with Crippen LogP contribution in [-0.2, 0) is 13.1 Å². The van der Waals surface area contributed by atoms with E-state index in [4.69, 9.17) is 0 Å². The maximum absolute atomic E-state index is 4.31. The first-order valence-corrected chi connectivity index (χ1v) is 5.39. The lowest BCUT2D eigenvalue weighted by Gasteiger charge is -2.08. The molecular weight excluding hydrogens is 174 g/mol. The Bertz CT molecular complexity index is 253. The molecule has 1 aromatic rings. The van der Waals surface area contributed by atoms with E-state index in [1.165, 1.54) is 18.5 Å². The highest BCUT2D eigenvalue weighted by molar-refractivity contribution is 4.99. The van der Waals surface area contributed by atoms with Crippen LogP contribution in [0, 0.1) is 5.92 Å². The van der Waals surface area contributed by atoms with E-state index in [2.05, 4.69) is 35.0 Å². The number of aromatic nitrogens is 2. The molecule has 1 N–H and O–H groups in total. The molecule has 1 rings (SSSR count). The van der Waals surface area contributed by atoms with Crippen LogP contribution in [0.2, 0.25) is 0 Å². The number of aryl methyl sites for hydroxylation is 1. The van der Waals surface area contributed by atoms with E-state index in [1.54, 1.807) is 0 Å². The summed E-state index contributed by atoms with van der Waals surface area (Å²) in [5.74, 6) is 0.790. The number of nitrogens with one attached hydrogen (secondary N) is 1. The Morgan fingerprint density at radius 2 is 2.29 bits per heavy atom. The Balaban J connectivity index is 2.37. The van der Waals surface area contributed by atoms with Crippen LogP contribution in [0.4, 0.5) is 0 Å². The Kier molecular flexibility index (Phi) is 4.66. The van der Waals surface area contributed by atoms with Crippen LogP contribution in [0.25, 0.3) is 0 Å². The van der Waals surface area contributed by atoms with Crippen molar-refractivity contribution in [3.63, 3.8) is 0 Å². The zero-order valence-corrected chi connectivity index (χ0v) is 9.45. The molecule has 0 saturated carbocycles. The molecule has 0 bridgehead atoms. The highest BCUT2D eigenvalue weighted by Crippen LogP contribution is 2.06. The first-order chi connectivity index (χ1) is 6.74. The van der Waals surface area contributed by atoms with E-state index in [1.807, 2.05) is 13.2 Å². The largest absolute Gasteiger partial charge is 0.314 e. The quantitative estimate of drug-likeness (QED) is 0.752. The SMILES string of the molecule is CNCc1ccnn1CCCC(C)C. The minimum Gasteiger partial charge on any atom is -0.314 e. The molecule has 0 spiro atoms. The molecule has 0 aliphatic heterocycles. The summed E-state index contributed by atoms with van der Waals surface area (Å²) in [4.78, 5) is 0. The van der Waals surface area contributed by atoms with Gasteiger partial charge in [-0.25, -0.2) is 0 Å². The molecular formula is C11H21N3. The van der Waals surface area contributed by atoms with Crippen molar-refractivity contribution in [2.75, 3.05) is 7.05 Å². The lowest BCUT2D eigenvalue weighted by atomic mass is 10.1. The molecule has 0 radical (unpaired) electrons. The van der Waals surface area contributed by atoms with Gasteiger partial charge in [0.2, 0.25) is 0 Å². The number of hydrogen-bond donors (Lipinski definition) is 1. The smallest absolute Gasteiger partial charge is 0.0521 e. The van der Waals surface area contributed by atoms with Gasteiger partial charge < -0.3 is 5.32 Å². The van der Waals surface area contributed by atoms with Gasteiger partial charge >= 0.3 is 0 Å². The molecule has 0 saturated heterocycles. The van der Waals surface area contributed by atoms with E-state index < -0.39 is 0 Å². The van der Waals surface area contributed by atoms with Gasteiger partial charge in [-0.1, -0.05) is 13.8 Å². The molecule has 1 heterocycles. The average Bonchev–Trinajstić information content (AvgIpc) is 2.53. The molecule has 0 aliphatic rings. The second kappa shape index (κ2) is 5.81. The van der Waals surface area contributed by atoms with Gasteiger partial charge in [0, 0.05) is 19.3 Å². The van der Waals surface area contributed by atoms with Gasteiger partial charge in [0.15, 0.2) is 0 Å². The minimum absolute atomic E-state index is 0.790. The molecule has 3 nitrogen and oxygen atoms in total. The molecule has 3 heteroatoms. The maximum atomic E-state index is 4.31. The fourth-order valence-electron chi connectivity index (χ4n) is 1.54. The number of rotatable bonds is 6. The van der Waals surface area contributed by atoms with Crippen molar-refractivity contribution in [3.05, 3.63) is 18.0 Å². The zero-order chi connectivity index (χ0) is 10.4. The summed E-state index contributed by atoms with van der Waals surface area (Å²) in [5.41, 5.74) is 1.27. The molecule has 14 heavy (non-hydrogen) atoms. The van der Waals surface area contributed by atoms with E-state index in [-0.39, 0.29) is 0 Å². The fraction of sp³-hybridized carbons (Fsp3) is 0.727. The molecule has 1 aromatic heterocycles. The molecule has 80 valence electrons. The van der Waals surface area contributed by atoms with Gasteiger partial charge in [-0.3, -0.25) is 4.68 Å². The highest BCUT2D eigenvalue weighted by atomic mass is 15.3. The summed E-state index contributed by atoms with van der Waals surface area (Å²) >= 11 is 0. The number of hydrogen-bond acceptors (Lipinski definition) is 2. The van der Waals surface area contributed by atoms with Crippen LogP contribution in [0.3, 0.4) is 0 Å². The minimum atomic E-state index is 0.790. The summed E-state index contributed by atoms with van der Waals surface area (Å²) in [6.07, 6.45) is 4.37. The zero-order valence-electron chi connectivity index (χ0n) is 9.45. The monoisotopic (exact) mass is 195 g/mol. The lowest BCUT2D eigenvalue weighted by Crippen LogP contribution is -2.12. The molecule has 0 aliphatic carbocycles. The molecule has 0 unspecified atom stereocenters. The normalized spacial score (nSPS) is 11.1. The van der Waals surface area contributed by atoms with E-state index >= 15 is 0 Å². The van der Waals surface area contributed by atoms with Crippen molar-refractivity contribution in [1.82, 2.24) is 15.1 Å². The van der Waals surface area contributed by atoms with E-state index in [0.29, 0.717) is 0 Å². The van der Waals surface area contributed by atoms with Gasteiger partial charge in [0.1, 0.15) is 0 Å². The highest BCUT2D eigenvalue weighted by Gasteiger charge is 2.01. The standard InChI is InChI=1S/C11H21N3/c1-10(2)5-4-8-14-11(9-12-3)6-7-13-14/h6-7,10,12H,4-5,8-9H2,1-3H3. The van der Waals surface area contributed by atoms with Crippen molar-refractivity contribution >= 4 is 0 Å². The first-order valence-electron chi connectivity index (χ1n) is 5.39. The van der Waals surface area contributed by atoms with Crippen molar-refractivity contribution < 1.29 is 0 Å². The van der Waals surface area contributed by atoms with Crippen molar-refractivity contribution in [2.45, 2.75) is 39.8 Å². The third kappa shape index (κ3) is 3.50. The predicted octanol–water partition coefficient (Wildman–Crippen LogP) is 2.04. The second-order valence-electron chi connectivity index (χ2n) is 4.11. The summed E-state index contributed by atoms with van der Waals surface area (Å²) < 4.78 is 2.10. The summed E-state index contributed by atoms with van der Waals surface area (Å²) in [7, 11) is 1.96. The van der Waals surface area contributed by atoms with Gasteiger partial charge in [-0.05, 0) is 31.9 Å². The summed E-state index contributed by atoms with van der Waals surface area (Å²) in [5, 5.41) is 7.46.